The summed E-state index contributed by atoms with van der Waals surface area (Å²) in [5, 5.41) is 47.2. The van der Waals surface area contributed by atoms with Crippen molar-refractivity contribution in [1.29, 1.82) is 0 Å². The number of carbonyl (C=O) groups is 3. The number of aromatic hydroxyl groups is 1. The lowest BCUT2D eigenvalue weighted by Gasteiger charge is -2.58. The van der Waals surface area contributed by atoms with E-state index in [1.54, 1.807) is 12.1 Å². The first-order valence-electron chi connectivity index (χ1n) is 23.7. The predicted molar refractivity (Wildman–Crippen MR) is 242 cm³/mol. The van der Waals surface area contributed by atoms with Crippen molar-refractivity contribution in [2.24, 2.45) is 46.3 Å². The molecule has 348 valence electrons. The molecule has 4 aliphatic carbocycles. The monoisotopic (exact) mass is 885 g/mol. The third-order valence-electron chi connectivity index (χ3n) is 16.0. The van der Waals surface area contributed by atoms with Crippen molar-refractivity contribution in [3.8, 4) is 5.75 Å². The van der Waals surface area contributed by atoms with Crippen LogP contribution in [0.25, 0.3) is 11.0 Å². The Kier molecular flexibility index (Phi) is 14.5. The van der Waals surface area contributed by atoms with E-state index < -0.39 is 35.0 Å². The van der Waals surface area contributed by atoms with Gasteiger partial charge in [0.2, 0.25) is 11.4 Å². The number of aromatic nitrogens is 2. The molecule has 64 heavy (non-hydrogen) atoms. The van der Waals surface area contributed by atoms with Crippen LogP contribution < -0.4 is 16.0 Å². The lowest BCUT2D eigenvalue weighted by Crippen LogP contribution is -2.53. The maximum absolute atomic E-state index is 13.8. The van der Waals surface area contributed by atoms with Crippen LogP contribution in [0, 0.1) is 56.5 Å². The number of aliphatic carboxylic acids is 1. The average Bonchev–Trinajstić information content (AvgIpc) is 3.89. The number of nitrogens with zero attached hydrogens (tertiary/aromatic N) is 3. The molecule has 2 aromatic carbocycles. The molecule has 1 heterocycles. The second-order valence-corrected chi connectivity index (χ2v) is 20.3. The quantitative estimate of drug-likeness (QED) is 0.0329. The molecule has 1 aromatic heterocycles. The second-order valence-electron chi connectivity index (χ2n) is 20.3. The molecule has 2 amide bonds. The highest BCUT2D eigenvalue weighted by atomic mass is 16.6. The Morgan fingerprint density at radius 1 is 0.906 bits per heavy atom. The Labute approximate surface area is 376 Å². The number of amides is 2. The van der Waals surface area contributed by atoms with E-state index in [-0.39, 0.29) is 46.8 Å². The van der Waals surface area contributed by atoms with Crippen LogP contribution in [0.5, 0.6) is 5.75 Å². The maximum atomic E-state index is 13.8. The number of nitro benzene ring substituents is 1. The summed E-state index contributed by atoms with van der Waals surface area (Å²) in [5.74, 6) is 2.59. The van der Waals surface area contributed by atoms with Crippen molar-refractivity contribution >= 4 is 40.4 Å². The molecular formula is C49H68N6O9. The molecule has 15 nitrogen and oxygen atoms in total. The number of carboxylic acid groups (broad SMARTS) is 1. The number of rotatable bonds is 19. The zero-order valence-corrected chi connectivity index (χ0v) is 38.1. The number of non-ortho nitro benzene ring substituents is 1. The number of nitrogens with one attached hydrogen (secondary N) is 3. The van der Waals surface area contributed by atoms with Gasteiger partial charge in [0.1, 0.15) is 23.9 Å². The topological polar surface area (TPSA) is 219 Å². The molecule has 0 unspecified atom stereocenters. The van der Waals surface area contributed by atoms with Crippen molar-refractivity contribution in [2.45, 2.75) is 149 Å². The lowest BCUT2D eigenvalue weighted by atomic mass is 9.47. The highest BCUT2D eigenvalue weighted by molar-refractivity contribution is 5.93. The highest BCUT2D eigenvalue weighted by Crippen LogP contribution is 2.67. The third kappa shape index (κ3) is 10.2. The fourth-order valence-electron chi connectivity index (χ4n) is 12.5. The fraction of sp³-hybridized carbons (Fsp3) is 0.653. The van der Waals surface area contributed by atoms with Gasteiger partial charge in [0, 0.05) is 25.5 Å². The average molecular weight is 885 g/mol. The van der Waals surface area contributed by atoms with Gasteiger partial charge in [-0.2, -0.15) is 0 Å². The normalized spacial score (nSPS) is 27.6. The van der Waals surface area contributed by atoms with Crippen LogP contribution in [-0.4, -0.2) is 68.2 Å². The first kappa shape index (κ1) is 46.8. The number of anilines is 1. The first-order valence-corrected chi connectivity index (χ1v) is 23.7. The highest BCUT2D eigenvalue weighted by Gasteiger charge is 2.59. The number of carboxylic acids is 1. The molecule has 15 heteroatoms. The predicted octanol–water partition coefficient (Wildman–Crippen LogP) is 9.74. The van der Waals surface area contributed by atoms with Crippen LogP contribution >= 0.6 is 0 Å². The third-order valence-corrected chi connectivity index (χ3v) is 16.0. The van der Waals surface area contributed by atoms with Gasteiger partial charge >= 0.3 is 17.7 Å². The van der Waals surface area contributed by atoms with Crippen LogP contribution in [0.15, 0.2) is 52.7 Å². The zero-order chi connectivity index (χ0) is 45.8. The molecule has 10 atom stereocenters. The maximum Gasteiger partial charge on any atom is 0.408 e. The summed E-state index contributed by atoms with van der Waals surface area (Å²) in [6.07, 6.45) is 15.1. The van der Waals surface area contributed by atoms with Gasteiger partial charge in [0.25, 0.3) is 0 Å². The van der Waals surface area contributed by atoms with Crippen molar-refractivity contribution in [3.63, 3.8) is 0 Å². The molecule has 4 aliphatic rings. The van der Waals surface area contributed by atoms with Crippen LogP contribution in [0.1, 0.15) is 130 Å². The summed E-state index contributed by atoms with van der Waals surface area (Å²) >= 11 is 0. The number of nitro groups is 1. The van der Waals surface area contributed by atoms with Gasteiger partial charge < -0.3 is 30.9 Å². The van der Waals surface area contributed by atoms with Gasteiger partial charge in [-0.1, -0.05) is 77.7 Å². The van der Waals surface area contributed by atoms with Crippen LogP contribution in [0.2, 0.25) is 0 Å². The van der Waals surface area contributed by atoms with Gasteiger partial charge in [0.15, 0.2) is 5.52 Å². The number of allylic oxidation sites excluding steroid dienone is 1. The Morgan fingerprint density at radius 3 is 2.41 bits per heavy atom. The standard InChI is InChI=1S/C49H68N6O9/c1-29(2)9-8-10-30(3)36-18-19-37-35-17-14-32-28-34(22-24-48(32,4)38(35)23-25-49(36,37)5)63-47(60)52-41(27-31-12-15-33(56)16-13-31)45(57)51-40(46(58)59)11-6-7-26-50-39-20-21-42(55(61)62)44-43(39)53-64-54-44/h12-16,20-21,29-30,34-38,40-41,50,56H,6-11,17-19,22-28H2,1-5H3,(H,51,57)(H,52,60)(H,58,59)/t30-,34+,35+,36-,37+,38+,40+,41+,48+,49-/m1/s1. The molecule has 3 aromatic rings. The number of benzene rings is 2. The minimum atomic E-state index is -1.23. The molecule has 0 saturated heterocycles. The van der Waals surface area contributed by atoms with Gasteiger partial charge in [-0.05, 0) is 145 Å². The number of hydrogen-bond acceptors (Lipinski definition) is 11. The van der Waals surface area contributed by atoms with E-state index in [0.717, 1.165) is 42.9 Å². The van der Waals surface area contributed by atoms with Crippen molar-refractivity contribution in [1.82, 2.24) is 20.9 Å². The Balaban J connectivity index is 0.937. The largest absolute Gasteiger partial charge is 0.508 e. The van der Waals surface area contributed by atoms with E-state index in [0.29, 0.717) is 54.3 Å². The summed E-state index contributed by atoms with van der Waals surface area (Å²) in [6.45, 7) is 12.6. The SMILES string of the molecule is CC(C)CCC[C@@H](C)[C@H]1CC[C@H]2[C@@H]3CC=C4C[C@@H](OC(=O)N[C@@H](Cc5ccc(O)cc5)C(=O)N[C@@H](CCCCNc5ccc([N+](=O)[O-])c6nonc56)C(=O)O)CC[C@]4(C)[C@H]3CC[C@]12C. The summed E-state index contributed by atoms with van der Waals surface area (Å²) in [4.78, 5) is 50.6. The minimum absolute atomic E-state index is 0.0191. The number of phenols is 1. The Hall–Kier alpha value is -5.21. The summed E-state index contributed by atoms with van der Waals surface area (Å²) < 4.78 is 10.8. The van der Waals surface area contributed by atoms with E-state index >= 15 is 0 Å². The van der Waals surface area contributed by atoms with Gasteiger partial charge in [-0.25, -0.2) is 14.2 Å². The van der Waals surface area contributed by atoms with Crippen molar-refractivity contribution in [3.05, 3.63) is 63.7 Å². The van der Waals surface area contributed by atoms with Crippen molar-refractivity contribution in [2.75, 3.05) is 11.9 Å². The molecule has 7 rings (SSSR count). The van der Waals surface area contributed by atoms with Crippen LogP contribution in [0.3, 0.4) is 0 Å². The molecule has 0 bridgehead atoms. The van der Waals surface area contributed by atoms with Gasteiger partial charge in [-0.15, -0.1) is 0 Å². The van der Waals surface area contributed by atoms with Crippen LogP contribution in [0.4, 0.5) is 16.2 Å². The number of hydrogen-bond donors (Lipinski definition) is 5. The number of carbonyl (C=O) groups excluding carboxylic acids is 2. The molecule has 0 spiro atoms. The van der Waals surface area contributed by atoms with Crippen molar-refractivity contribution < 1.29 is 38.9 Å². The summed E-state index contributed by atoms with van der Waals surface area (Å²) in [6, 6.07) is 6.72. The van der Waals surface area contributed by atoms with E-state index in [1.807, 2.05) is 0 Å². The number of alkyl carbamates (subject to hydrolysis) is 1. The van der Waals surface area contributed by atoms with E-state index in [4.69, 9.17) is 9.37 Å². The molecule has 3 fully saturated rings. The number of phenolic OH excluding ortho intramolecular Hbond substituents is 1. The Morgan fingerprint density at radius 2 is 1.67 bits per heavy atom. The minimum Gasteiger partial charge on any atom is -0.508 e. The molecule has 3 saturated carbocycles. The smallest absolute Gasteiger partial charge is 0.408 e. The molecule has 0 aliphatic heterocycles. The van der Waals surface area contributed by atoms with Gasteiger partial charge in [-0.3, -0.25) is 14.9 Å². The number of unbranched alkanes of at least 4 members (excludes halogenated alkanes) is 1. The molecule has 0 radical (unpaired) electrons. The number of ether oxygens (including phenoxy) is 1. The van der Waals surface area contributed by atoms with Crippen LogP contribution in [-0.2, 0) is 20.7 Å². The summed E-state index contributed by atoms with van der Waals surface area (Å²) in [5.41, 5.74) is 3.03. The fourth-order valence-corrected chi connectivity index (χ4v) is 12.5. The van der Waals surface area contributed by atoms with E-state index in [1.165, 1.54) is 74.8 Å². The Bertz CT molecular complexity index is 2170. The van der Waals surface area contributed by atoms with Gasteiger partial charge in [0.05, 0.1) is 10.6 Å². The lowest BCUT2D eigenvalue weighted by molar-refractivity contribution is -0.383. The zero-order valence-electron chi connectivity index (χ0n) is 38.1. The second kappa shape index (κ2) is 19.9. The molecular weight excluding hydrogens is 817 g/mol. The summed E-state index contributed by atoms with van der Waals surface area (Å²) in [7, 11) is 0. The molecule has 5 N–H and O–H groups in total. The van der Waals surface area contributed by atoms with E-state index in [2.05, 4.69) is 67.0 Å². The number of fused-ring (bicyclic) bond motifs is 6. The van der Waals surface area contributed by atoms with E-state index in [9.17, 15) is 34.7 Å². The first-order chi connectivity index (χ1) is 30.6.